The fourth-order valence-electron chi connectivity index (χ4n) is 4.08. The summed E-state index contributed by atoms with van der Waals surface area (Å²) in [7, 11) is 0. The molecule has 0 heterocycles. The maximum Gasteiger partial charge on any atom is 0.170 e. The van der Waals surface area contributed by atoms with E-state index in [9.17, 15) is 0 Å². The Kier molecular flexibility index (Phi) is 15.4. The lowest BCUT2D eigenvalue weighted by Crippen LogP contribution is -2.37. The van der Waals surface area contributed by atoms with Gasteiger partial charge in [-0.05, 0) is 69.3 Å². The van der Waals surface area contributed by atoms with Gasteiger partial charge in [0.2, 0.25) is 0 Å². The summed E-state index contributed by atoms with van der Waals surface area (Å²) in [6.45, 7) is 7.47. The molecule has 1 rings (SSSR count). The standard InChI is InChI=1S/C27H46N2S/c1-4-5-6-7-8-9-10-11-12-13-14-15-16-17-18-19-23-29(27(28)30)26-24(2)21-20-22-25(26)3/h11-12,20-22H,4-10,13-19,23H2,1-3H3,(H2,28,30). The Labute approximate surface area is 192 Å². The Bertz CT molecular complexity index is 589. The van der Waals surface area contributed by atoms with E-state index >= 15 is 0 Å². The molecule has 0 saturated heterocycles. The number of rotatable bonds is 17. The van der Waals surface area contributed by atoms with E-state index in [4.69, 9.17) is 18.0 Å². The fourth-order valence-corrected chi connectivity index (χ4v) is 4.26. The number of benzene rings is 1. The highest BCUT2D eigenvalue weighted by molar-refractivity contribution is 7.80. The minimum Gasteiger partial charge on any atom is -0.376 e. The van der Waals surface area contributed by atoms with Gasteiger partial charge in [-0.2, -0.15) is 0 Å². The number of aryl methyl sites for hydroxylation is 2. The zero-order chi connectivity index (χ0) is 22.0. The van der Waals surface area contributed by atoms with E-state index in [1.807, 2.05) is 0 Å². The largest absolute Gasteiger partial charge is 0.376 e. The molecular formula is C27H46N2S. The van der Waals surface area contributed by atoms with Crippen molar-refractivity contribution in [3.63, 3.8) is 0 Å². The second-order valence-corrected chi connectivity index (χ2v) is 9.09. The van der Waals surface area contributed by atoms with E-state index in [1.54, 1.807) is 0 Å². The van der Waals surface area contributed by atoms with Crippen LogP contribution in [-0.2, 0) is 0 Å². The number of allylic oxidation sites excluding steroid dienone is 2. The lowest BCUT2D eigenvalue weighted by atomic mass is 10.1. The smallest absolute Gasteiger partial charge is 0.170 e. The van der Waals surface area contributed by atoms with E-state index in [-0.39, 0.29) is 0 Å². The van der Waals surface area contributed by atoms with Crippen molar-refractivity contribution in [2.45, 2.75) is 111 Å². The molecule has 0 fully saturated rings. The van der Waals surface area contributed by atoms with Gasteiger partial charge < -0.3 is 10.6 Å². The predicted octanol–water partition coefficient (Wildman–Crippen LogP) is 8.39. The summed E-state index contributed by atoms with van der Waals surface area (Å²) < 4.78 is 0. The summed E-state index contributed by atoms with van der Waals surface area (Å²) >= 11 is 5.33. The third kappa shape index (κ3) is 11.7. The van der Waals surface area contributed by atoms with Crippen molar-refractivity contribution < 1.29 is 0 Å². The Hall–Kier alpha value is -1.35. The Balaban J connectivity index is 2.06. The lowest BCUT2D eigenvalue weighted by molar-refractivity contribution is 0.598. The van der Waals surface area contributed by atoms with E-state index in [2.05, 4.69) is 56.0 Å². The van der Waals surface area contributed by atoms with Gasteiger partial charge in [-0.3, -0.25) is 0 Å². The topological polar surface area (TPSA) is 29.3 Å². The highest BCUT2D eigenvalue weighted by atomic mass is 32.1. The fraction of sp³-hybridized carbons (Fsp3) is 0.667. The minimum absolute atomic E-state index is 0.486. The van der Waals surface area contributed by atoms with Crippen LogP contribution in [0.2, 0.25) is 0 Å². The van der Waals surface area contributed by atoms with Crippen molar-refractivity contribution in [1.82, 2.24) is 0 Å². The van der Waals surface area contributed by atoms with Crippen LogP contribution < -0.4 is 10.6 Å². The monoisotopic (exact) mass is 430 g/mol. The maximum atomic E-state index is 6.02. The van der Waals surface area contributed by atoms with Crippen molar-refractivity contribution in [2.75, 3.05) is 11.4 Å². The molecule has 0 amide bonds. The summed E-state index contributed by atoms with van der Waals surface area (Å²) in [5.41, 5.74) is 9.70. The van der Waals surface area contributed by atoms with Gasteiger partial charge in [0.05, 0.1) is 0 Å². The molecular weight excluding hydrogens is 384 g/mol. The molecule has 2 nitrogen and oxygen atoms in total. The molecule has 170 valence electrons. The number of anilines is 1. The van der Waals surface area contributed by atoms with Crippen LogP contribution in [0.1, 0.15) is 108 Å². The molecule has 2 N–H and O–H groups in total. The molecule has 0 aromatic heterocycles. The van der Waals surface area contributed by atoms with Crippen LogP contribution in [0.3, 0.4) is 0 Å². The van der Waals surface area contributed by atoms with Crippen LogP contribution in [0.15, 0.2) is 30.4 Å². The van der Waals surface area contributed by atoms with E-state index < -0.39 is 0 Å². The summed E-state index contributed by atoms with van der Waals surface area (Å²) in [4.78, 5) is 2.12. The second kappa shape index (κ2) is 17.3. The third-order valence-electron chi connectivity index (χ3n) is 5.87. The molecule has 0 unspecified atom stereocenters. The van der Waals surface area contributed by atoms with E-state index in [0.717, 1.165) is 13.0 Å². The van der Waals surface area contributed by atoms with Crippen molar-refractivity contribution in [3.8, 4) is 0 Å². The van der Waals surface area contributed by atoms with Crippen molar-refractivity contribution >= 4 is 23.0 Å². The van der Waals surface area contributed by atoms with Gasteiger partial charge in [-0.1, -0.05) is 95.1 Å². The first-order valence-electron chi connectivity index (χ1n) is 12.4. The number of unbranched alkanes of at least 4 members (excludes halogenated alkanes) is 12. The quantitative estimate of drug-likeness (QED) is 0.153. The molecule has 3 heteroatoms. The Morgan fingerprint density at radius 3 is 1.77 bits per heavy atom. The van der Waals surface area contributed by atoms with Gasteiger partial charge >= 0.3 is 0 Å². The minimum atomic E-state index is 0.486. The van der Waals surface area contributed by atoms with Gasteiger partial charge in [0.15, 0.2) is 5.11 Å². The second-order valence-electron chi connectivity index (χ2n) is 8.67. The van der Waals surface area contributed by atoms with E-state index in [1.165, 1.54) is 100 Å². The summed E-state index contributed by atoms with van der Waals surface area (Å²) in [6.07, 6.45) is 23.4. The van der Waals surface area contributed by atoms with Crippen LogP contribution in [0.4, 0.5) is 5.69 Å². The molecule has 0 aliphatic carbocycles. The van der Waals surface area contributed by atoms with Gasteiger partial charge in [0.25, 0.3) is 0 Å². The molecule has 1 aromatic carbocycles. The maximum absolute atomic E-state index is 6.02. The number of nitrogens with zero attached hydrogens (tertiary/aromatic N) is 1. The average molecular weight is 431 g/mol. The number of nitrogens with two attached hydrogens (primary N) is 1. The van der Waals surface area contributed by atoms with Crippen molar-refractivity contribution in [1.29, 1.82) is 0 Å². The summed E-state index contributed by atoms with van der Waals surface area (Å²) in [5.74, 6) is 0. The number of hydrogen-bond acceptors (Lipinski definition) is 1. The zero-order valence-corrected chi connectivity index (χ0v) is 20.7. The highest BCUT2D eigenvalue weighted by Crippen LogP contribution is 2.25. The predicted molar refractivity (Wildman–Crippen MR) is 139 cm³/mol. The zero-order valence-electron chi connectivity index (χ0n) is 19.9. The van der Waals surface area contributed by atoms with Gasteiger partial charge in [-0.15, -0.1) is 0 Å². The van der Waals surface area contributed by atoms with Crippen LogP contribution in [-0.4, -0.2) is 11.7 Å². The first kappa shape index (κ1) is 26.7. The van der Waals surface area contributed by atoms with Gasteiger partial charge in [-0.25, -0.2) is 0 Å². The average Bonchev–Trinajstić information content (AvgIpc) is 2.71. The number of hydrogen-bond donors (Lipinski definition) is 1. The molecule has 0 spiro atoms. The number of thiocarbonyl (C=S) groups is 1. The third-order valence-corrected chi connectivity index (χ3v) is 6.09. The van der Waals surface area contributed by atoms with Crippen LogP contribution >= 0.6 is 12.2 Å². The normalized spacial score (nSPS) is 11.3. The first-order chi connectivity index (χ1) is 14.6. The summed E-state index contributed by atoms with van der Waals surface area (Å²) in [6, 6.07) is 6.36. The van der Waals surface area contributed by atoms with Crippen molar-refractivity contribution in [3.05, 3.63) is 41.5 Å². The molecule has 0 radical (unpaired) electrons. The molecule has 30 heavy (non-hydrogen) atoms. The molecule has 0 aliphatic rings. The molecule has 0 aliphatic heterocycles. The van der Waals surface area contributed by atoms with Crippen LogP contribution in [0.5, 0.6) is 0 Å². The Morgan fingerprint density at radius 1 is 0.800 bits per heavy atom. The van der Waals surface area contributed by atoms with Gasteiger partial charge in [0, 0.05) is 12.2 Å². The molecule has 1 aromatic rings. The van der Waals surface area contributed by atoms with E-state index in [0.29, 0.717) is 5.11 Å². The molecule has 0 bridgehead atoms. The Morgan fingerprint density at radius 2 is 1.27 bits per heavy atom. The first-order valence-corrected chi connectivity index (χ1v) is 12.8. The number of para-hydroxylation sites is 1. The van der Waals surface area contributed by atoms with Crippen LogP contribution in [0, 0.1) is 13.8 Å². The van der Waals surface area contributed by atoms with Gasteiger partial charge in [0.1, 0.15) is 0 Å². The highest BCUT2D eigenvalue weighted by Gasteiger charge is 2.13. The molecule has 0 saturated carbocycles. The van der Waals surface area contributed by atoms with Crippen LogP contribution in [0.25, 0.3) is 0 Å². The SMILES string of the molecule is CCCCCCCCC=CCCCCCCCCN(C(N)=S)c1c(C)cccc1C. The molecule has 0 atom stereocenters. The van der Waals surface area contributed by atoms with Crippen molar-refractivity contribution in [2.24, 2.45) is 5.73 Å². The lowest BCUT2D eigenvalue weighted by Gasteiger charge is -2.26. The summed E-state index contributed by atoms with van der Waals surface area (Å²) in [5, 5.41) is 0.486.